The summed E-state index contributed by atoms with van der Waals surface area (Å²) in [6.07, 6.45) is -14.3. The van der Waals surface area contributed by atoms with Crippen molar-refractivity contribution in [2.45, 2.75) is 44.3 Å². The molecule has 3 aromatic rings. The zero-order chi connectivity index (χ0) is 26.4. The van der Waals surface area contributed by atoms with Crippen LogP contribution in [0.25, 0.3) is 0 Å². The van der Waals surface area contributed by atoms with Gasteiger partial charge in [0.05, 0.1) is 16.7 Å². The molecule has 0 aromatic heterocycles. The fourth-order valence-electron chi connectivity index (χ4n) is 4.59. The minimum absolute atomic E-state index is 0.0541. The van der Waals surface area contributed by atoms with Crippen LogP contribution in [0.3, 0.4) is 0 Å². The summed E-state index contributed by atoms with van der Waals surface area (Å²) in [5.74, 6) is 0. The molecule has 0 saturated carbocycles. The molecule has 0 aliphatic heterocycles. The molecule has 0 saturated heterocycles. The summed E-state index contributed by atoms with van der Waals surface area (Å²) < 4.78 is 123. The van der Waals surface area contributed by atoms with E-state index in [9.17, 15) is 39.5 Å². The molecule has 0 radical (unpaired) electrons. The van der Waals surface area contributed by atoms with Crippen molar-refractivity contribution < 1.29 is 39.5 Å². The molecule has 0 spiro atoms. The van der Waals surface area contributed by atoms with Gasteiger partial charge < -0.3 is 0 Å². The normalized spacial score (nSPS) is 13.7. The first-order valence-electron chi connectivity index (χ1n) is 10.4. The van der Waals surface area contributed by atoms with Crippen molar-refractivity contribution in [3.63, 3.8) is 0 Å². The Kier molecular flexibility index (Phi) is 6.69. The largest absolute Gasteiger partial charge is 0.416 e. The molecular formula is C25H21F9Si. The van der Waals surface area contributed by atoms with Gasteiger partial charge in [-0.05, 0) is 38.8 Å². The van der Waals surface area contributed by atoms with Crippen LogP contribution in [0.4, 0.5) is 39.5 Å². The number of halogens is 9. The molecule has 0 aliphatic carbocycles. The molecule has 3 rings (SSSR count). The van der Waals surface area contributed by atoms with Crippen molar-refractivity contribution in [3.05, 3.63) is 89.5 Å². The zero-order valence-electron chi connectivity index (χ0n) is 18.8. The van der Waals surface area contributed by atoms with Crippen LogP contribution in [-0.2, 0) is 18.5 Å². The number of alkyl halides is 9. The van der Waals surface area contributed by atoms with Crippen LogP contribution in [0.5, 0.6) is 0 Å². The Bertz CT molecular complexity index is 1060. The first-order chi connectivity index (χ1) is 15.9. The highest BCUT2D eigenvalue weighted by atomic mass is 28.3. The lowest BCUT2D eigenvalue weighted by atomic mass is 10.2. The molecule has 0 bridgehead atoms. The second-order valence-electron chi connectivity index (χ2n) is 9.24. The molecule has 0 aliphatic rings. The maximum absolute atomic E-state index is 13.6. The Morgan fingerprint density at radius 2 is 0.714 bits per heavy atom. The summed E-state index contributed by atoms with van der Waals surface area (Å²) in [6.45, 7) is 4.88. The van der Waals surface area contributed by atoms with Crippen molar-refractivity contribution in [1.82, 2.24) is 0 Å². The lowest BCUT2D eigenvalue weighted by Gasteiger charge is -2.45. The van der Waals surface area contributed by atoms with Crippen LogP contribution >= 0.6 is 0 Å². The van der Waals surface area contributed by atoms with Crippen LogP contribution in [0.15, 0.2) is 72.8 Å². The monoisotopic (exact) mass is 520 g/mol. The highest BCUT2D eigenvalue weighted by molar-refractivity contribution is 7.13. The lowest BCUT2D eigenvalue weighted by molar-refractivity contribution is -0.138. The third-order valence-electron chi connectivity index (χ3n) is 5.99. The van der Waals surface area contributed by atoms with E-state index in [1.807, 2.05) is 0 Å². The van der Waals surface area contributed by atoms with E-state index in [1.165, 1.54) is 18.2 Å². The Balaban J connectivity index is 2.52. The van der Waals surface area contributed by atoms with Gasteiger partial charge >= 0.3 is 18.5 Å². The van der Waals surface area contributed by atoms with E-state index < -0.39 is 48.3 Å². The van der Waals surface area contributed by atoms with Crippen LogP contribution < -0.4 is 15.6 Å². The van der Waals surface area contributed by atoms with Crippen molar-refractivity contribution in [3.8, 4) is 0 Å². The minimum atomic E-state index is -4.75. The number of hydrogen-bond acceptors (Lipinski definition) is 0. The van der Waals surface area contributed by atoms with Gasteiger partial charge in [-0.2, -0.15) is 39.5 Å². The van der Waals surface area contributed by atoms with Crippen molar-refractivity contribution in [2.75, 3.05) is 0 Å². The molecule has 188 valence electrons. The van der Waals surface area contributed by atoms with Crippen molar-refractivity contribution >= 4 is 23.6 Å². The second kappa shape index (κ2) is 8.72. The van der Waals surface area contributed by atoms with Gasteiger partial charge in [-0.15, -0.1) is 0 Å². The van der Waals surface area contributed by atoms with Gasteiger partial charge in [0.15, 0.2) is 8.07 Å². The van der Waals surface area contributed by atoms with E-state index in [0.717, 1.165) is 54.6 Å². The van der Waals surface area contributed by atoms with Crippen molar-refractivity contribution in [1.29, 1.82) is 0 Å². The quantitative estimate of drug-likeness (QED) is 0.198. The Hall–Kier alpha value is -2.75. The molecule has 0 amide bonds. The summed E-state index contributed by atoms with van der Waals surface area (Å²) in [5, 5.41) is -0.874. The molecular weight excluding hydrogens is 499 g/mol. The van der Waals surface area contributed by atoms with Crippen LogP contribution in [0, 0.1) is 0 Å². The van der Waals surface area contributed by atoms with Gasteiger partial charge in [-0.1, -0.05) is 75.4 Å². The SMILES string of the molecule is CC(C)(C)[Si](c1cccc(C(F)(F)F)c1)(c1cccc(C(F)(F)F)c1)c1cccc(C(F)(F)F)c1. The molecule has 0 nitrogen and oxygen atoms in total. The molecule has 0 N–H and O–H groups in total. The predicted octanol–water partition coefficient (Wildman–Crippen LogP) is 7.01. The summed E-state index contributed by atoms with van der Waals surface area (Å²) in [5.41, 5.74) is -3.10. The van der Waals surface area contributed by atoms with Crippen molar-refractivity contribution in [2.24, 2.45) is 0 Å². The van der Waals surface area contributed by atoms with Gasteiger partial charge in [-0.25, -0.2) is 0 Å². The second-order valence-corrected chi connectivity index (χ2v) is 14.0. The van der Waals surface area contributed by atoms with E-state index >= 15 is 0 Å². The van der Waals surface area contributed by atoms with E-state index in [1.54, 1.807) is 20.8 Å². The van der Waals surface area contributed by atoms with Gasteiger partial charge in [0, 0.05) is 0 Å². The number of benzene rings is 3. The maximum atomic E-state index is 13.6. The van der Waals surface area contributed by atoms with E-state index in [0.29, 0.717) is 0 Å². The Morgan fingerprint density at radius 3 is 0.914 bits per heavy atom. The van der Waals surface area contributed by atoms with E-state index in [2.05, 4.69) is 0 Å². The van der Waals surface area contributed by atoms with Crippen LogP contribution in [0.1, 0.15) is 37.5 Å². The average molecular weight is 521 g/mol. The summed E-state index contributed by atoms with van der Waals surface area (Å²) >= 11 is 0. The highest BCUT2D eigenvalue weighted by Gasteiger charge is 2.51. The fourth-order valence-corrected chi connectivity index (χ4v) is 10.3. The fraction of sp³-hybridized carbons (Fsp3) is 0.280. The molecule has 0 heterocycles. The lowest BCUT2D eigenvalue weighted by Crippen LogP contribution is -2.72. The Morgan fingerprint density at radius 1 is 0.457 bits per heavy atom. The minimum Gasteiger partial charge on any atom is -0.166 e. The molecule has 10 heteroatoms. The standard InChI is InChI=1S/C25H21F9Si/c1-22(2,3)35(19-10-4-7-16(13-19)23(26,27)28,20-11-5-8-17(14-20)24(29,30)31)21-12-6-9-18(15-21)25(32,33)34/h4-15H,1-3H3. The van der Waals surface area contributed by atoms with E-state index in [-0.39, 0.29) is 15.6 Å². The smallest absolute Gasteiger partial charge is 0.166 e. The summed E-state index contributed by atoms with van der Waals surface area (Å²) in [7, 11) is -3.96. The van der Waals surface area contributed by atoms with E-state index in [4.69, 9.17) is 0 Å². The molecule has 0 unspecified atom stereocenters. The number of hydrogen-bond donors (Lipinski definition) is 0. The van der Waals surface area contributed by atoms with Crippen LogP contribution in [0.2, 0.25) is 5.04 Å². The number of rotatable bonds is 3. The molecule has 0 atom stereocenters. The molecule has 3 aromatic carbocycles. The van der Waals surface area contributed by atoms with Gasteiger partial charge in [-0.3, -0.25) is 0 Å². The van der Waals surface area contributed by atoms with Gasteiger partial charge in [0.25, 0.3) is 0 Å². The molecule has 0 fully saturated rings. The maximum Gasteiger partial charge on any atom is 0.416 e. The van der Waals surface area contributed by atoms with Gasteiger partial charge in [0.1, 0.15) is 0 Å². The van der Waals surface area contributed by atoms with Gasteiger partial charge in [0.2, 0.25) is 0 Å². The predicted molar refractivity (Wildman–Crippen MR) is 119 cm³/mol. The highest BCUT2D eigenvalue weighted by Crippen LogP contribution is 2.39. The third kappa shape index (κ3) is 5.12. The first kappa shape index (κ1) is 26.8. The van der Waals surface area contributed by atoms with Crippen LogP contribution in [-0.4, -0.2) is 8.07 Å². The Labute approximate surface area is 197 Å². The third-order valence-corrected chi connectivity index (χ3v) is 11.8. The average Bonchev–Trinajstić information content (AvgIpc) is 2.72. The zero-order valence-corrected chi connectivity index (χ0v) is 19.8. The summed E-state index contributed by atoms with van der Waals surface area (Å²) in [4.78, 5) is 0. The topological polar surface area (TPSA) is 0 Å². The first-order valence-corrected chi connectivity index (χ1v) is 12.4. The molecule has 35 heavy (non-hydrogen) atoms. The summed E-state index contributed by atoms with van der Waals surface area (Å²) in [6, 6.07) is 12.5.